The van der Waals surface area contributed by atoms with Crippen molar-refractivity contribution in [3.63, 3.8) is 0 Å². The fourth-order valence-electron chi connectivity index (χ4n) is 1.68. The Hall–Kier alpha value is -1.18. The van der Waals surface area contributed by atoms with Crippen LogP contribution in [0, 0.1) is 12.8 Å². The van der Waals surface area contributed by atoms with Gasteiger partial charge in [-0.15, -0.1) is 0 Å². The Bertz CT molecular complexity index is 345. The fourth-order valence-corrected chi connectivity index (χ4v) is 1.68. The minimum atomic E-state index is 0.793. The van der Waals surface area contributed by atoms with Crippen LogP contribution in [-0.2, 0) is 0 Å². The summed E-state index contributed by atoms with van der Waals surface area (Å²) in [5, 5.41) is 3.49. The topological polar surface area (TPSA) is 21.3 Å². The molecular weight excluding hydrogens is 198 g/mol. The van der Waals surface area contributed by atoms with Crippen molar-refractivity contribution in [3.8, 4) is 5.75 Å². The third-order valence-electron chi connectivity index (χ3n) is 2.88. The zero-order valence-corrected chi connectivity index (χ0v) is 10.3. The summed E-state index contributed by atoms with van der Waals surface area (Å²) in [6.45, 7) is 6.11. The number of benzene rings is 1. The molecule has 0 spiro atoms. The molecule has 0 atom stereocenters. The Morgan fingerprint density at radius 1 is 1.38 bits per heavy atom. The van der Waals surface area contributed by atoms with Gasteiger partial charge in [-0.25, -0.2) is 0 Å². The van der Waals surface area contributed by atoms with Crippen LogP contribution in [0.2, 0.25) is 0 Å². The fraction of sp³-hybridized carbons (Fsp3) is 0.571. The predicted molar refractivity (Wildman–Crippen MR) is 68.2 cm³/mol. The molecule has 0 heterocycles. The molecule has 0 saturated heterocycles. The van der Waals surface area contributed by atoms with Crippen LogP contribution in [0.1, 0.15) is 31.7 Å². The molecule has 1 aromatic carbocycles. The van der Waals surface area contributed by atoms with E-state index in [4.69, 9.17) is 4.74 Å². The molecule has 88 valence electrons. The molecule has 0 unspecified atom stereocenters. The maximum Gasteiger partial charge on any atom is 0.142 e. The van der Waals surface area contributed by atoms with Crippen molar-refractivity contribution >= 4 is 5.69 Å². The largest absolute Gasteiger partial charge is 0.491 e. The molecule has 1 fully saturated rings. The molecule has 0 amide bonds. The molecule has 1 N–H and O–H groups in total. The summed E-state index contributed by atoms with van der Waals surface area (Å²) < 4.78 is 5.76. The molecule has 16 heavy (non-hydrogen) atoms. The maximum absolute atomic E-state index is 5.76. The van der Waals surface area contributed by atoms with Crippen LogP contribution in [0.15, 0.2) is 18.2 Å². The van der Waals surface area contributed by atoms with Crippen molar-refractivity contribution in [1.82, 2.24) is 0 Å². The van der Waals surface area contributed by atoms with Crippen LogP contribution >= 0.6 is 0 Å². The van der Waals surface area contributed by atoms with E-state index >= 15 is 0 Å². The van der Waals surface area contributed by atoms with Crippen LogP contribution in [0.5, 0.6) is 5.75 Å². The van der Waals surface area contributed by atoms with E-state index in [2.05, 4.69) is 37.4 Å². The Morgan fingerprint density at radius 3 is 2.88 bits per heavy atom. The van der Waals surface area contributed by atoms with Gasteiger partial charge in [-0.05, 0) is 49.8 Å². The van der Waals surface area contributed by atoms with Gasteiger partial charge < -0.3 is 10.1 Å². The molecule has 2 nitrogen and oxygen atoms in total. The lowest BCUT2D eigenvalue weighted by Crippen LogP contribution is -2.06. The monoisotopic (exact) mass is 219 g/mol. The molecule has 2 rings (SSSR count). The summed E-state index contributed by atoms with van der Waals surface area (Å²) in [5.74, 6) is 1.89. The number of hydrogen-bond donors (Lipinski definition) is 1. The van der Waals surface area contributed by atoms with E-state index in [1.165, 1.54) is 18.4 Å². The average molecular weight is 219 g/mol. The molecule has 1 saturated carbocycles. The van der Waals surface area contributed by atoms with Gasteiger partial charge in [0.05, 0.1) is 12.3 Å². The summed E-state index contributed by atoms with van der Waals surface area (Å²) in [7, 11) is 0. The van der Waals surface area contributed by atoms with Gasteiger partial charge in [0.15, 0.2) is 0 Å². The number of anilines is 1. The quantitative estimate of drug-likeness (QED) is 0.789. The highest BCUT2D eigenvalue weighted by Crippen LogP contribution is 2.31. The standard InChI is InChI=1S/C14H21NO/c1-3-8-16-14-9-11(2)4-7-13(14)15-10-12-5-6-12/h4,7,9,12,15H,3,5-6,8,10H2,1-2H3. The van der Waals surface area contributed by atoms with Crippen molar-refractivity contribution in [1.29, 1.82) is 0 Å². The number of nitrogens with one attached hydrogen (secondary N) is 1. The lowest BCUT2D eigenvalue weighted by molar-refractivity contribution is 0.318. The summed E-state index contributed by atoms with van der Waals surface area (Å²) in [5.41, 5.74) is 2.40. The van der Waals surface area contributed by atoms with Gasteiger partial charge in [0.1, 0.15) is 5.75 Å². The van der Waals surface area contributed by atoms with Crippen LogP contribution in [-0.4, -0.2) is 13.2 Å². The van der Waals surface area contributed by atoms with E-state index < -0.39 is 0 Å². The highest BCUT2D eigenvalue weighted by atomic mass is 16.5. The second-order valence-corrected chi connectivity index (χ2v) is 4.67. The van der Waals surface area contributed by atoms with Crippen molar-refractivity contribution in [3.05, 3.63) is 23.8 Å². The first-order valence-electron chi connectivity index (χ1n) is 6.27. The van der Waals surface area contributed by atoms with Gasteiger partial charge in [-0.2, -0.15) is 0 Å². The molecule has 1 aromatic rings. The van der Waals surface area contributed by atoms with E-state index in [-0.39, 0.29) is 0 Å². The Balaban J connectivity index is 2.00. The molecule has 0 bridgehead atoms. The third kappa shape index (κ3) is 3.16. The third-order valence-corrected chi connectivity index (χ3v) is 2.88. The van der Waals surface area contributed by atoms with E-state index in [9.17, 15) is 0 Å². The van der Waals surface area contributed by atoms with Crippen LogP contribution in [0.25, 0.3) is 0 Å². The van der Waals surface area contributed by atoms with Gasteiger partial charge in [0, 0.05) is 6.54 Å². The summed E-state index contributed by atoms with van der Waals surface area (Å²) >= 11 is 0. The number of ether oxygens (including phenoxy) is 1. The molecule has 0 radical (unpaired) electrons. The second-order valence-electron chi connectivity index (χ2n) is 4.67. The van der Waals surface area contributed by atoms with Crippen molar-refractivity contribution < 1.29 is 4.74 Å². The number of hydrogen-bond acceptors (Lipinski definition) is 2. The molecule has 0 aromatic heterocycles. The zero-order chi connectivity index (χ0) is 11.4. The highest BCUT2D eigenvalue weighted by Gasteiger charge is 2.21. The zero-order valence-electron chi connectivity index (χ0n) is 10.3. The van der Waals surface area contributed by atoms with Gasteiger partial charge in [-0.1, -0.05) is 13.0 Å². The van der Waals surface area contributed by atoms with Gasteiger partial charge in [-0.3, -0.25) is 0 Å². The molecular formula is C14H21NO. The van der Waals surface area contributed by atoms with E-state index in [0.717, 1.165) is 36.9 Å². The van der Waals surface area contributed by atoms with Gasteiger partial charge >= 0.3 is 0 Å². The summed E-state index contributed by atoms with van der Waals surface area (Å²) in [4.78, 5) is 0. The molecule has 1 aliphatic carbocycles. The minimum Gasteiger partial charge on any atom is -0.491 e. The minimum absolute atomic E-state index is 0.793. The van der Waals surface area contributed by atoms with Crippen molar-refractivity contribution in [2.24, 2.45) is 5.92 Å². The first kappa shape index (κ1) is 11.3. The van der Waals surface area contributed by atoms with Crippen LogP contribution < -0.4 is 10.1 Å². The second kappa shape index (κ2) is 5.24. The first-order valence-corrected chi connectivity index (χ1v) is 6.27. The van der Waals surface area contributed by atoms with Crippen LogP contribution in [0.4, 0.5) is 5.69 Å². The van der Waals surface area contributed by atoms with Crippen molar-refractivity contribution in [2.45, 2.75) is 33.1 Å². The van der Waals surface area contributed by atoms with E-state index in [1.54, 1.807) is 0 Å². The lowest BCUT2D eigenvalue weighted by atomic mass is 10.2. The SMILES string of the molecule is CCCOc1cc(C)ccc1NCC1CC1. The Kier molecular flexibility index (Phi) is 3.70. The lowest BCUT2D eigenvalue weighted by Gasteiger charge is -2.13. The van der Waals surface area contributed by atoms with Gasteiger partial charge in [0.2, 0.25) is 0 Å². The average Bonchev–Trinajstić information content (AvgIpc) is 3.09. The molecule has 2 heteroatoms. The maximum atomic E-state index is 5.76. The first-order chi connectivity index (χ1) is 7.79. The Morgan fingerprint density at radius 2 is 2.19 bits per heavy atom. The Labute approximate surface area is 98.0 Å². The smallest absolute Gasteiger partial charge is 0.142 e. The van der Waals surface area contributed by atoms with Gasteiger partial charge in [0.25, 0.3) is 0 Å². The number of rotatable bonds is 6. The highest BCUT2D eigenvalue weighted by molar-refractivity contribution is 5.57. The predicted octanol–water partition coefficient (Wildman–Crippen LogP) is 3.61. The van der Waals surface area contributed by atoms with E-state index in [0.29, 0.717) is 0 Å². The molecule has 0 aliphatic heterocycles. The molecule has 1 aliphatic rings. The summed E-state index contributed by atoms with van der Waals surface area (Å²) in [6.07, 6.45) is 3.81. The van der Waals surface area contributed by atoms with Crippen LogP contribution in [0.3, 0.4) is 0 Å². The normalized spacial score (nSPS) is 14.9. The number of aryl methyl sites for hydroxylation is 1. The van der Waals surface area contributed by atoms with Crippen molar-refractivity contribution in [2.75, 3.05) is 18.5 Å². The summed E-state index contributed by atoms with van der Waals surface area (Å²) in [6, 6.07) is 6.38. The van der Waals surface area contributed by atoms with E-state index in [1.807, 2.05) is 0 Å².